The highest BCUT2D eigenvalue weighted by molar-refractivity contribution is 9.09. The lowest BCUT2D eigenvalue weighted by Gasteiger charge is -2.28. The van der Waals surface area contributed by atoms with Gasteiger partial charge in [0.15, 0.2) is 0 Å². The molecule has 1 aliphatic rings. The minimum absolute atomic E-state index is 0.672. The van der Waals surface area contributed by atoms with E-state index in [4.69, 9.17) is 5.11 Å². The van der Waals surface area contributed by atoms with Crippen molar-refractivity contribution in [1.82, 2.24) is 4.90 Å². The van der Waals surface area contributed by atoms with Crippen LogP contribution < -0.4 is 0 Å². The maximum absolute atomic E-state index is 10.5. The Balaban J connectivity index is 2.30. The summed E-state index contributed by atoms with van der Waals surface area (Å²) in [5.41, 5.74) is 0. The number of carboxylic acid groups (broad SMARTS) is 1. The maximum Gasteiger partial charge on any atom is 0.407 e. The summed E-state index contributed by atoms with van der Waals surface area (Å²) in [6.07, 6.45) is 1.22. The van der Waals surface area contributed by atoms with E-state index in [9.17, 15) is 4.79 Å². The van der Waals surface area contributed by atoms with Crippen molar-refractivity contribution in [2.45, 2.75) is 12.8 Å². The van der Waals surface area contributed by atoms with E-state index < -0.39 is 6.09 Å². The van der Waals surface area contributed by atoms with Crippen molar-refractivity contribution in [2.75, 3.05) is 18.4 Å². The molecule has 0 atom stereocenters. The lowest BCUT2D eigenvalue weighted by atomic mass is 10.00. The molecule has 3 nitrogen and oxygen atoms in total. The summed E-state index contributed by atoms with van der Waals surface area (Å²) in [7, 11) is 0. The number of amides is 1. The van der Waals surface area contributed by atoms with Crippen LogP contribution in [0.2, 0.25) is 0 Å². The molecule has 1 fully saturated rings. The van der Waals surface area contributed by atoms with Gasteiger partial charge in [0.25, 0.3) is 0 Å². The first kappa shape index (κ1) is 8.84. The normalized spacial score (nSPS) is 20.3. The molecule has 0 spiro atoms. The number of hydrogen-bond donors (Lipinski definition) is 1. The molecule has 0 saturated carbocycles. The number of likely N-dealkylation sites (tertiary alicyclic amines) is 1. The number of nitrogens with zero attached hydrogens (tertiary/aromatic N) is 1. The van der Waals surface area contributed by atoms with Crippen molar-refractivity contribution < 1.29 is 9.90 Å². The summed E-state index contributed by atoms with van der Waals surface area (Å²) in [5, 5.41) is 9.61. The fraction of sp³-hybridized carbons (Fsp3) is 0.857. The fourth-order valence-electron chi connectivity index (χ4n) is 1.28. The van der Waals surface area contributed by atoms with E-state index in [0.717, 1.165) is 18.2 Å². The molecule has 1 aliphatic heterocycles. The van der Waals surface area contributed by atoms with Gasteiger partial charge in [-0.15, -0.1) is 0 Å². The Morgan fingerprint density at radius 3 is 2.45 bits per heavy atom. The zero-order valence-corrected chi connectivity index (χ0v) is 7.88. The standard InChI is InChI=1S/C7H12BrNO2/c8-5-6-1-3-9(4-2-6)7(10)11/h6H,1-5H2,(H,10,11). The zero-order valence-electron chi connectivity index (χ0n) is 6.29. The van der Waals surface area contributed by atoms with Gasteiger partial charge in [0.1, 0.15) is 0 Å². The minimum Gasteiger partial charge on any atom is -0.465 e. The zero-order chi connectivity index (χ0) is 8.27. The van der Waals surface area contributed by atoms with Crippen molar-refractivity contribution in [3.63, 3.8) is 0 Å². The van der Waals surface area contributed by atoms with E-state index in [-0.39, 0.29) is 0 Å². The number of rotatable bonds is 1. The molecule has 1 amide bonds. The highest BCUT2D eigenvalue weighted by Crippen LogP contribution is 2.18. The second kappa shape index (κ2) is 3.95. The van der Waals surface area contributed by atoms with E-state index in [0.29, 0.717) is 19.0 Å². The lowest BCUT2D eigenvalue weighted by molar-refractivity contribution is 0.127. The van der Waals surface area contributed by atoms with Crippen LogP contribution >= 0.6 is 15.9 Å². The van der Waals surface area contributed by atoms with Crippen molar-refractivity contribution in [2.24, 2.45) is 5.92 Å². The summed E-state index contributed by atoms with van der Waals surface area (Å²) in [6.45, 7) is 1.40. The number of halogens is 1. The largest absolute Gasteiger partial charge is 0.465 e. The van der Waals surface area contributed by atoms with Crippen LogP contribution in [-0.4, -0.2) is 34.5 Å². The van der Waals surface area contributed by atoms with E-state index in [1.54, 1.807) is 0 Å². The van der Waals surface area contributed by atoms with Crippen molar-refractivity contribution >= 4 is 22.0 Å². The molecule has 11 heavy (non-hydrogen) atoms. The molecule has 0 aromatic carbocycles. The third kappa shape index (κ3) is 2.36. The highest BCUT2D eigenvalue weighted by Gasteiger charge is 2.20. The molecule has 0 aliphatic carbocycles. The minimum atomic E-state index is -0.780. The number of alkyl halides is 1. The summed E-state index contributed by atoms with van der Waals surface area (Å²) in [5.74, 6) is 0.672. The second-order valence-electron chi connectivity index (χ2n) is 2.87. The Morgan fingerprint density at radius 1 is 1.55 bits per heavy atom. The monoisotopic (exact) mass is 221 g/mol. The predicted molar refractivity (Wildman–Crippen MR) is 46.1 cm³/mol. The number of carbonyl (C=O) groups is 1. The van der Waals surface area contributed by atoms with Gasteiger partial charge in [-0.2, -0.15) is 0 Å². The smallest absolute Gasteiger partial charge is 0.407 e. The molecular weight excluding hydrogens is 210 g/mol. The summed E-state index contributed by atoms with van der Waals surface area (Å²) in [6, 6.07) is 0. The van der Waals surface area contributed by atoms with Gasteiger partial charge in [0.2, 0.25) is 0 Å². The van der Waals surface area contributed by atoms with Gasteiger partial charge < -0.3 is 10.0 Å². The molecule has 1 N–H and O–H groups in total. The van der Waals surface area contributed by atoms with Gasteiger partial charge in [0.05, 0.1) is 0 Å². The third-order valence-corrected chi connectivity index (χ3v) is 3.02. The van der Waals surface area contributed by atoms with Gasteiger partial charge in [-0.3, -0.25) is 0 Å². The fourth-order valence-corrected chi connectivity index (χ4v) is 1.93. The molecule has 0 bridgehead atoms. The Kier molecular flexibility index (Phi) is 3.17. The van der Waals surface area contributed by atoms with Gasteiger partial charge in [-0.1, -0.05) is 15.9 Å². The van der Waals surface area contributed by atoms with E-state index in [2.05, 4.69) is 15.9 Å². The molecule has 0 aromatic heterocycles. The molecule has 0 aromatic rings. The van der Waals surface area contributed by atoms with E-state index in [1.165, 1.54) is 4.90 Å². The molecule has 0 radical (unpaired) electrons. The first-order valence-corrected chi connectivity index (χ1v) is 4.90. The predicted octanol–water partition coefficient (Wildman–Crippen LogP) is 1.77. The quantitative estimate of drug-likeness (QED) is 0.687. The van der Waals surface area contributed by atoms with E-state index in [1.807, 2.05) is 0 Å². The molecular formula is C7H12BrNO2. The average Bonchev–Trinajstić information content (AvgIpc) is 2.05. The van der Waals surface area contributed by atoms with Crippen LogP contribution in [-0.2, 0) is 0 Å². The second-order valence-corrected chi connectivity index (χ2v) is 3.51. The SMILES string of the molecule is O=C(O)N1CCC(CBr)CC1. The van der Waals surface area contributed by atoms with Gasteiger partial charge in [-0.05, 0) is 18.8 Å². The van der Waals surface area contributed by atoms with Crippen molar-refractivity contribution in [3.05, 3.63) is 0 Å². The Hall–Kier alpha value is -0.250. The van der Waals surface area contributed by atoms with E-state index >= 15 is 0 Å². The Labute approximate surface area is 74.5 Å². The lowest BCUT2D eigenvalue weighted by Crippen LogP contribution is -2.37. The van der Waals surface area contributed by atoms with Crippen LogP contribution in [0.25, 0.3) is 0 Å². The Bertz CT molecular complexity index is 143. The van der Waals surface area contributed by atoms with Gasteiger partial charge in [0, 0.05) is 18.4 Å². The summed E-state index contributed by atoms with van der Waals surface area (Å²) < 4.78 is 0. The Morgan fingerprint density at radius 2 is 2.09 bits per heavy atom. The van der Waals surface area contributed by atoms with Crippen molar-refractivity contribution in [1.29, 1.82) is 0 Å². The summed E-state index contributed by atoms with van der Waals surface area (Å²) in [4.78, 5) is 11.9. The first-order valence-electron chi connectivity index (χ1n) is 3.78. The average molecular weight is 222 g/mol. The summed E-state index contributed by atoms with van der Waals surface area (Å²) >= 11 is 3.40. The number of piperidine rings is 1. The molecule has 1 saturated heterocycles. The van der Waals surface area contributed by atoms with Crippen LogP contribution in [0.15, 0.2) is 0 Å². The van der Waals surface area contributed by atoms with Crippen LogP contribution in [0.1, 0.15) is 12.8 Å². The molecule has 64 valence electrons. The van der Waals surface area contributed by atoms with Gasteiger partial charge in [-0.25, -0.2) is 4.79 Å². The van der Waals surface area contributed by atoms with Gasteiger partial charge >= 0.3 is 6.09 Å². The van der Waals surface area contributed by atoms with Crippen LogP contribution in [0.3, 0.4) is 0 Å². The molecule has 4 heteroatoms. The molecule has 1 rings (SSSR count). The highest BCUT2D eigenvalue weighted by atomic mass is 79.9. The third-order valence-electron chi connectivity index (χ3n) is 2.10. The first-order chi connectivity index (χ1) is 5.24. The number of hydrogen-bond acceptors (Lipinski definition) is 1. The molecule has 0 unspecified atom stereocenters. The maximum atomic E-state index is 10.5. The van der Waals surface area contributed by atoms with Crippen LogP contribution in [0.4, 0.5) is 4.79 Å². The van der Waals surface area contributed by atoms with Crippen LogP contribution in [0, 0.1) is 5.92 Å². The van der Waals surface area contributed by atoms with Crippen LogP contribution in [0.5, 0.6) is 0 Å². The topological polar surface area (TPSA) is 40.5 Å². The molecule has 1 heterocycles. The van der Waals surface area contributed by atoms with Crippen molar-refractivity contribution in [3.8, 4) is 0 Å².